The van der Waals surface area contributed by atoms with E-state index in [1.54, 1.807) is 8.61 Å². The van der Waals surface area contributed by atoms with E-state index < -0.39 is 10.2 Å². The van der Waals surface area contributed by atoms with Crippen LogP contribution in [0.15, 0.2) is 0 Å². The average molecular weight is 273 g/mol. The fourth-order valence-corrected chi connectivity index (χ4v) is 5.54. The molecule has 5 nitrogen and oxygen atoms in total. The Morgan fingerprint density at radius 3 is 2.39 bits per heavy atom. The van der Waals surface area contributed by atoms with Gasteiger partial charge in [0.2, 0.25) is 0 Å². The maximum Gasteiger partial charge on any atom is 0.282 e. The van der Waals surface area contributed by atoms with Gasteiger partial charge in [0, 0.05) is 25.7 Å². The lowest BCUT2D eigenvalue weighted by molar-refractivity contribution is 0.248. The molecule has 18 heavy (non-hydrogen) atoms. The monoisotopic (exact) mass is 273 g/mol. The molecule has 3 saturated heterocycles. The summed E-state index contributed by atoms with van der Waals surface area (Å²) in [5.41, 5.74) is 0. The minimum absolute atomic E-state index is 0.169. The Morgan fingerprint density at radius 1 is 1.11 bits per heavy atom. The molecule has 3 fully saturated rings. The van der Waals surface area contributed by atoms with E-state index in [1.807, 2.05) is 6.92 Å². The van der Waals surface area contributed by atoms with E-state index in [2.05, 4.69) is 5.32 Å². The van der Waals surface area contributed by atoms with E-state index in [4.69, 9.17) is 0 Å². The molecule has 0 amide bonds. The molecule has 3 aliphatic rings. The lowest BCUT2D eigenvalue weighted by atomic mass is 10.0. The van der Waals surface area contributed by atoms with Crippen LogP contribution in [0.1, 0.15) is 26.2 Å². The first-order valence-electron chi connectivity index (χ1n) is 7.06. The summed E-state index contributed by atoms with van der Waals surface area (Å²) in [5.74, 6) is 1.06. The molecule has 0 spiro atoms. The van der Waals surface area contributed by atoms with Gasteiger partial charge in [0.05, 0.1) is 0 Å². The summed E-state index contributed by atoms with van der Waals surface area (Å²) >= 11 is 0. The lowest BCUT2D eigenvalue weighted by Crippen LogP contribution is -2.49. The molecule has 0 aromatic heterocycles. The normalized spacial score (nSPS) is 39.1. The van der Waals surface area contributed by atoms with Gasteiger partial charge in [0.1, 0.15) is 0 Å². The van der Waals surface area contributed by atoms with Crippen molar-refractivity contribution < 1.29 is 8.42 Å². The molecule has 0 bridgehead atoms. The molecule has 3 atom stereocenters. The van der Waals surface area contributed by atoms with Crippen LogP contribution >= 0.6 is 0 Å². The van der Waals surface area contributed by atoms with Gasteiger partial charge in [0.25, 0.3) is 10.2 Å². The smallest absolute Gasteiger partial charge is 0.282 e. The van der Waals surface area contributed by atoms with Crippen molar-refractivity contribution >= 4 is 10.2 Å². The highest BCUT2D eigenvalue weighted by molar-refractivity contribution is 7.86. The van der Waals surface area contributed by atoms with Crippen molar-refractivity contribution in [1.82, 2.24) is 13.9 Å². The van der Waals surface area contributed by atoms with Crippen LogP contribution in [0.3, 0.4) is 0 Å². The van der Waals surface area contributed by atoms with Gasteiger partial charge in [-0.05, 0) is 44.7 Å². The van der Waals surface area contributed by atoms with Crippen molar-refractivity contribution in [2.75, 3.05) is 32.7 Å². The molecule has 0 aromatic rings. The third kappa shape index (κ3) is 2.09. The highest BCUT2D eigenvalue weighted by atomic mass is 32.2. The summed E-state index contributed by atoms with van der Waals surface area (Å²) in [6.45, 7) is 6.12. The van der Waals surface area contributed by atoms with E-state index in [1.165, 1.54) is 0 Å². The van der Waals surface area contributed by atoms with Crippen molar-refractivity contribution in [3.05, 3.63) is 0 Å². The minimum atomic E-state index is -3.21. The van der Waals surface area contributed by atoms with Gasteiger partial charge in [-0.3, -0.25) is 0 Å². The number of fused-ring (bicyclic) bond motifs is 1. The van der Waals surface area contributed by atoms with Crippen LogP contribution in [0.4, 0.5) is 0 Å². The van der Waals surface area contributed by atoms with Gasteiger partial charge in [-0.1, -0.05) is 6.42 Å². The summed E-state index contributed by atoms with van der Waals surface area (Å²) in [5, 5.41) is 3.35. The molecule has 3 unspecified atom stereocenters. The molecule has 1 N–H and O–H groups in total. The second-order valence-corrected chi connectivity index (χ2v) is 7.84. The van der Waals surface area contributed by atoms with Crippen LogP contribution < -0.4 is 5.32 Å². The van der Waals surface area contributed by atoms with Gasteiger partial charge in [-0.15, -0.1) is 0 Å². The van der Waals surface area contributed by atoms with Gasteiger partial charge < -0.3 is 5.32 Å². The van der Waals surface area contributed by atoms with Crippen LogP contribution in [0.5, 0.6) is 0 Å². The summed E-state index contributed by atoms with van der Waals surface area (Å²) in [7, 11) is -3.21. The largest absolute Gasteiger partial charge is 0.316 e. The first-order valence-corrected chi connectivity index (χ1v) is 8.46. The topological polar surface area (TPSA) is 52.7 Å². The Bertz CT molecular complexity index is 400. The van der Waals surface area contributed by atoms with E-state index in [0.717, 1.165) is 32.4 Å². The zero-order valence-corrected chi connectivity index (χ0v) is 11.8. The summed E-state index contributed by atoms with van der Waals surface area (Å²) in [6, 6.07) is 0.169. The van der Waals surface area contributed by atoms with E-state index in [9.17, 15) is 8.42 Å². The van der Waals surface area contributed by atoms with E-state index in [0.29, 0.717) is 31.5 Å². The van der Waals surface area contributed by atoms with Gasteiger partial charge in [-0.25, -0.2) is 0 Å². The molecule has 104 valence electrons. The zero-order chi connectivity index (χ0) is 12.8. The fraction of sp³-hybridized carbons (Fsp3) is 1.00. The standard InChI is InChI=1S/C12H23N3O2S/c1-10-4-2-3-5-15(10)18(16,17)14-8-11-6-13-7-12(11)9-14/h10-13H,2-9H2,1H3. The number of nitrogens with one attached hydrogen (secondary N) is 1. The van der Waals surface area contributed by atoms with Gasteiger partial charge in [-0.2, -0.15) is 17.0 Å². The average Bonchev–Trinajstić information content (AvgIpc) is 2.89. The second-order valence-electron chi connectivity index (χ2n) is 5.96. The molecule has 0 saturated carbocycles. The van der Waals surface area contributed by atoms with Crippen molar-refractivity contribution in [3.8, 4) is 0 Å². The maximum absolute atomic E-state index is 12.7. The minimum Gasteiger partial charge on any atom is -0.316 e. The van der Waals surface area contributed by atoms with Crippen LogP contribution in [-0.2, 0) is 10.2 Å². The molecule has 0 aromatic carbocycles. The Labute approximate surface area is 110 Å². The highest BCUT2D eigenvalue weighted by Gasteiger charge is 2.44. The summed E-state index contributed by atoms with van der Waals surface area (Å²) in [6.07, 6.45) is 3.16. The summed E-state index contributed by atoms with van der Waals surface area (Å²) < 4.78 is 28.8. The number of hydrogen-bond acceptors (Lipinski definition) is 3. The third-order valence-electron chi connectivity index (χ3n) is 4.72. The Balaban J connectivity index is 1.74. The SMILES string of the molecule is CC1CCCCN1S(=O)(=O)N1CC2CNCC2C1. The van der Waals surface area contributed by atoms with Crippen LogP contribution in [0.25, 0.3) is 0 Å². The Morgan fingerprint density at radius 2 is 1.78 bits per heavy atom. The van der Waals surface area contributed by atoms with Crippen LogP contribution in [0, 0.1) is 11.8 Å². The molecular weight excluding hydrogens is 250 g/mol. The van der Waals surface area contributed by atoms with Crippen molar-refractivity contribution in [1.29, 1.82) is 0 Å². The number of hydrogen-bond donors (Lipinski definition) is 1. The van der Waals surface area contributed by atoms with Crippen molar-refractivity contribution in [2.45, 2.75) is 32.2 Å². The molecule has 3 rings (SSSR count). The predicted octanol–water partition coefficient (Wildman–Crippen LogP) is 0.257. The quantitative estimate of drug-likeness (QED) is 0.785. The van der Waals surface area contributed by atoms with Gasteiger partial charge in [0.15, 0.2) is 0 Å². The molecule has 3 heterocycles. The molecule has 0 radical (unpaired) electrons. The van der Waals surface area contributed by atoms with Crippen LogP contribution in [-0.4, -0.2) is 55.8 Å². The van der Waals surface area contributed by atoms with Crippen LogP contribution in [0.2, 0.25) is 0 Å². The van der Waals surface area contributed by atoms with Crippen molar-refractivity contribution in [2.24, 2.45) is 11.8 Å². The highest BCUT2D eigenvalue weighted by Crippen LogP contribution is 2.31. The van der Waals surface area contributed by atoms with E-state index in [-0.39, 0.29) is 6.04 Å². The Hall–Kier alpha value is -0.170. The lowest BCUT2D eigenvalue weighted by Gasteiger charge is -2.35. The number of piperidine rings is 1. The predicted molar refractivity (Wildman–Crippen MR) is 70.4 cm³/mol. The Kier molecular flexibility index (Phi) is 3.38. The second kappa shape index (κ2) is 4.74. The first-order chi connectivity index (χ1) is 8.59. The zero-order valence-electron chi connectivity index (χ0n) is 11.0. The van der Waals surface area contributed by atoms with E-state index >= 15 is 0 Å². The molecule has 3 aliphatic heterocycles. The molecular formula is C12H23N3O2S. The van der Waals surface area contributed by atoms with Crippen molar-refractivity contribution in [3.63, 3.8) is 0 Å². The fourth-order valence-electron chi connectivity index (χ4n) is 3.56. The summed E-state index contributed by atoms with van der Waals surface area (Å²) in [4.78, 5) is 0. The first kappa shape index (κ1) is 12.8. The molecule has 0 aliphatic carbocycles. The third-order valence-corrected chi connectivity index (χ3v) is 6.81. The maximum atomic E-state index is 12.7. The number of rotatable bonds is 2. The number of nitrogens with zero attached hydrogens (tertiary/aromatic N) is 2. The van der Waals surface area contributed by atoms with Gasteiger partial charge >= 0.3 is 0 Å². The molecule has 6 heteroatoms.